The number of methoxy groups -OCH3 is 1. The Morgan fingerprint density at radius 3 is 2.64 bits per heavy atom. The Kier molecular flexibility index (Phi) is 6.26. The van der Waals surface area contributed by atoms with Gasteiger partial charge >= 0.3 is 5.97 Å². The highest BCUT2D eigenvalue weighted by Crippen LogP contribution is 2.43. The molecule has 8 heteroatoms. The van der Waals surface area contributed by atoms with Crippen molar-refractivity contribution >= 4 is 28.9 Å². The van der Waals surface area contributed by atoms with E-state index >= 15 is 0 Å². The fourth-order valence-corrected chi connectivity index (χ4v) is 4.34. The molecule has 33 heavy (non-hydrogen) atoms. The Morgan fingerprint density at radius 1 is 1.21 bits per heavy atom. The van der Waals surface area contributed by atoms with E-state index in [1.54, 1.807) is 24.0 Å². The van der Waals surface area contributed by atoms with Crippen LogP contribution in [0.15, 0.2) is 42.5 Å². The Hall–Kier alpha value is -3.55. The van der Waals surface area contributed by atoms with Gasteiger partial charge in [-0.1, -0.05) is 32.0 Å². The molecule has 1 aliphatic heterocycles. The zero-order chi connectivity index (χ0) is 23.7. The smallest absolute Gasteiger partial charge is 0.321 e. The first kappa shape index (κ1) is 22.6. The van der Waals surface area contributed by atoms with Crippen LogP contribution in [0.3, 0.4) is 0 Å². The molecule has 4 rings (SSSR count). The number of benzene rings is 2. The van der Waals surface area contributed by atoms with Crippen molar-refractivity contribution in [3.05, 3.63) is 48.0 Å². The number of carbonyl (C=O) groups excluding carboxylic acids is 2. The molecule has 1 amide bonds. The van der Waals surface area contributed by atoms with Crippen LogP contribution in [0, 0.1) is 11.8 Å². The maximum atomic E-state index is 13.8. The summed E-state index contributed by atoms with van der Waals surface area (Å²) in [6.45, 7) is 6.49. The van der Waals surface area contributed by atoms with E-state index in [-0.39, 0.29) is 18.3 Å². The van der Waals surface area contributed by atoms with Gasteiger partial charge in [0.2, 0.25) is 11.9 Å². The molecule has 0 fully saturated rings. The Labute approximate surface area is 192 Å². The molecule has 0 saturated heterocycles. The summed E-state index contributed by atoms with van der Waals surface area (Å²) < 4.78 is 12.4. The lowest BCUT2D eigenvalue weighted by molar-refractivity contribution is -0.153. The minimum absolute atomic E-state index is 0.0710. The molecule has 1 aliphatic rings. The summed E-state index contributed by atoms with van der Waals surface area (Å²) >= 11 is 0. The van der Waals surface area contributed by atoms with E-state index < -0.39 is 17.9 Å². The molecule has 2 atom stereocenters. The SMILES string of the molecule is CCOC(=O)[C@H]1C(=O)N(CCC(C)C)c2nc3ccccc3n2[C@@H]1c1ccc(OC)c(O)c1. The van der Waals surface area contributed by atoms with Gasteiger partial charge in [0.1, 0.15) is 0 Å². The van der Waals surface area contributed by atoms with Crippen LogP contribution in [0.1, 0.15) is 38.8 Å². The maximum absolute atomic E-state index is 13.8. The van der Waals surface area contributed by atoms with Gasteiger partial charge in [-0.15, -0.1) is 0 Å². The van der Waals surface area contributed by atoms with Gasteiger partial charge in [-0.3, -0.25) is 14.5 Å². The fourth-order valence-electron chi connectivity index (χ4n) is 4.34. The lowest BCUT2D eigenvalue weighted by Crippen LogP contribution is -2.50. The number of para-hydroxylation sites is 2. The van der Waals surface area contributed by atoms with Crippen molar-refractivity contribution in [2.45, 2.75) is 33.2 Å². The molecular weight excluding hydrogens is 422 g/mol. The number of ether oxygens (including phenoxy) is 2. The number of rotatable bonds is 7. The van der Waals surface area contributed by atoms with Crippen LogP contribution in [0.4, 0.5) is 5.95 Å². The monoisotopic (exact) mass is 451 g/mol. The summed E-state index contributed by atoms with van der Waals surface area (Å²) in [5.41, 5.74) is 2.11. The average molecular weight is 452 g/mol. The molecule has 2 heterocycles. The number of hydrogen-bond donors (Lipinski definition) is 1. The zero-order valence-corrected chi connectivity index (χ0v) is 19.3. The summed E-state index contributed by atoms with van der Waals surface area (Å²) in [5, 5.41) is 10.5. The highest BCUT2D eigenvalue weighted by Gasteiger charge is 2.47. The lowest BCUT2D eigenvalue weighted by atomic mass is 9.89. The van der Waals surface area contributed by atoms with Gasteiger partial charge in [0.15, 0.2) is 17.4 Å². The molecule has 0 bridgehead atoms. The van der Waals surface area contributed by atoms with Crippen molar-refractivity contribution in [1.29, 1.82) is 0 Å². The minimum atomic E-state index is -1.12. The number of carbonyl (C=O) groups is 2. The number of anilines is 1. The molecule has 1 N–H and O–H groups in total. The van der Waals surface area contributed by atoms with Gasteiger partial charge in [0, 0.05) is 6.54 Å². The minimum Gasteiger partial charge on any atom is -0.504 e. The standard InChI is InChI=1S/C25H29N3O5/c1-5-33-24(31)21-22(16-10-11-20(32-4)19(29)14-16)28-18-9-7-6-8-17(18)26-25(28)27(23(21)30)13-12-15(2)3/h6-11,14-15,21-22,29H,5,12-13H2,1-4H3/t21-,22-/m1/s1. The normalized spacial score (nSPS) is 18.0. The second-order valence-corrected chi connectivity index (χ2v) is 8.55. The van der Waals surface area contributed by atoms with Gasteiger partial charge in [-0.05, 0) is 49.1 Å². The third-order valence-corrected chi connectivity index (χ3v) is 5.96. The van der Waals surface area contributed by atoms with Gasteiger partial charge in [-0.25, -0.2) is 4.98 Å². The summed E-state index contributed by atoms with van der Waals surface area (Å²) in [6.07, 6.45) is 0.762. The maximum Gasteiger partial charge on any atom is 0.321 e. The molecule has 0 radical (unpaired) electrons. The number of esters is 1. The molecule has 0 saturated carbocycles. The molecule has 0 spiro atoms. The number of hydrogen-bond acceptors (Lipinski definition) is 6. The van der Waals surface area contributed by atoms with Crippen molar-refractivity contribution in [2.75, 3.05) is 25.2 Å². The van der Waals surface area contributed by atoms with Crippen molar-refractivity contribution in [2.24, 2.45) is 11.8 Å². The number of phenols is 1. The van der Waals surface area contributed by atoms with E-state index in [9.17, 15) is 14.7 Å². The average Bonchev–Trinajstić information content (AvgIpc) is 3.16. The van der Waals surface area contributed by atoms with Crippen LogP contribution in [0.2, 0.25) is 0 Å². The van der Waals surface area contributed by atoms with E-state index in [0.29, 0.717) is 29.7 Å². The number of amides is 1. The number of imidazole rings is 1. The Bertz CT molecular complexity index is 1190. The van der Waals surface area contributed by atoms with Gasteiger partial charge < -0.3 is 19.1 Å². The van der Waals surface area contributed by atoms with Crippen LogP contribution in [-0.2, 0) is 14.3 Å². The topological polar surface area (TPSA) is 93.9 Å². The lowest BCUT2D eigenvalue weighted by Gasteiger charge is -2.38. The Balaban J connectivity index is 1.96. The van der Waals surface area contributed by atoms with Crippen molar-refractivity contribution in [3.63, 3.8) is 0 Å². The quantitative estimate of drug-likeness (QED) is 0.432. The van der Waals surface area contributed by atoms with Crippen molar-refractivity contribution in [1.82, 2.24) is 9.55 Å². The van der Waals surface area contributed by atoms with E-state index in [4.69, 9.17) is 14.5 Å². The second kappa shape index (κ2) is 9.13. The van der Waals surface area contributed by atoms with E-state index in [2.05, 4.69) is 13.8 Å². The zero-order valence-electron chi connectivity index (χ0n) is 19.3. The van der Waals surface area contributed by atoms with E-state index in [1.807, 2.05) is 28.8 Å². The predicted molar refractivity (Wildman–Crippen MR) is 124 cm³/mol. The number of phenolic OH excluding ortho intramolecular Hbond substituents is 1. The molecule has 1 aromatic heterocycles. The third-order valence-electron chi connectivity index (χ3n) is 5.96. The first-order chi connectivity index (χ1) is 15.9. The molecule has 8 nitrogen and oxygen atoms in total. The van der Waals surface area contributed by atoms with Crippen LogP contribution < -0.4 is 9.64 Å². The summed E-state index contributed by atoms with van der Waals surface area (Å²) in [7, 11) is 1.47. The number of aromatic hydroxyl groups is 1. The van der Waals surface area contributed by atoms with Crippen molar-refractivity contribution < 1.29 is 24.2 Å². The van der Waals surface area contributed by atoms with Crippen LogP contribution in [-0.4, -0.2) is 46.8 Å². The molecule has 0 unspecified atom stereocenters. The van der Waals surface area contributed by atoms with Crippen LogP contribution in [0.25, 0.3) is 11.0 Å². The molecule has 174 valence electrons. The van der Waals surface area contributed by atoms with Gasteiger partial charge in [-0.2, -0.15) is 0 Å². The largest absolute Gasteiger partial charge is 0.504 e. The highest BCUT2D eigenvalue weighted by molar-refractivity contribution is 6.08. The first-order valence-electron chi connectivity index (χ1n) is 11.2. The molecule has 2 aromatic carbocycles. The third kappa shape index (κ3) is 4.01. The predicted octanol–water partition coefficient (Wildman–Crippen LogP) is 3.91. The van der Waals surface area contributed by atoms with Gasteiger partial charge in [0.25, 0.3) is 0 Å². The fraction of sp³-hybridized carbons (Fsp3) is 0.400. The molecule has 3 aromatic rings. The van der Waals surface area contributed by atoms with Crippen LogP contribution in [0.5, 0.6) is 11.5 Å². The number of nitrogens with zero attached hydrogens (tertiary/aromatic N) is 3. The number of aromatic nitrogens is 2. The van der Waals surface area contributed by atoms with E-state index in [0.717, 1.165) is 17.5 Å². The highest BCUT2D eigenvalue weighted by atomic mass is 16.5. The summed E-state index contributed by atoms with van der Waals surface area (Å²) in [4.78, 5) is 33.3. The molecule has 0 aliphatic carbocycles. The number of fused-ring (bicyclic) bond motifs is 3. The van der Waals surface area contributed by atoms with E-state index in [1.165, 1.54) is 13.2 Å². The van der Waals surface area contributed by atoms with Gasteiger partial charge in [0.05, 0.1) is 30.8 Å². The second-order valence-electron chi connectivity index (χ2n) is 8.55. The molecular formula is C25H29N3O5. The Morgan fingerprint density at radius 2 is 1.97 bits per heavy atom. The van der Waals surface area contributed by atoms with Crippen molar-refractivity contribution in [3.8, 4) is 11.5 Å². The first-order valence-corrected chi connectivity index (χ1v) is 11.2. The summed E-state index contributed by atoms with van der Waals surface area (Å²) in [6, 6.07) is 11.8. The summed E-state index contributed by atoms with van der Waals surface area (Å²) in [5.74, 6) is -0.968. The van der Waals surface area contributed by atoms with Crippen LogP contribution >= 0.6 is 0 Å².